The highest BCUT2D eigenvalue weighted by molar-refractivity contribution is 7.17. The number of hydrogen-bond donors (Lipinski definition) is 0. The third kappa shape index (κ3) is 3.45. The lowest BCUT2D eigenvalue weighted by atomic mass is 10.2. The molecule has 0 aliphatic heterocycles. The summed E-state index contributed by atoms with van der Waals surface area (Å²) in [7, 11) is 0. The highest BCUT2D eigenvalue weighted by Crippen LogP contribution is 2.25. The van der Waals surface area contributed by atoms with Gasteiger partial charge in [-0.05, 0) is 30.2 Å². The van der Waals surface area contributed by atoms with Gasteiger partial charge in [-0.2, -0.15) is 4.99 Å². The number of rotatable bonds is 5. The van der Waals surface area contributed by atoms with E-state index in [0.717, 1.165) is 28.0 Å². The Labute approximate surface area is 151 Å². The molecule has 0 atom stereocenters. The predicted molar refractivity (Wildman–Crippen MR) is 100 cm³/mol. The summed E-state index contributed by atoms with van der Waals surface area (Å²) in [5.74, 6) is -0.474. The van der Waals surface area contributed by atoms with E-state index in [0.29, 0.717) is 11.3 Å². The fourth-order valence-electron chi connectivity index (χ4n) is 2.41. The Hall–Kier alpha value is -2.58. The van der Waals surface area contributed by atoms with E-state index in [4.69, 9.17) is 0 Å². The topological polar surface area (TPSA) is 77.5 Å². The average molecular weight is 373 g/mol. The van der Waals surface area contributed by atoms with Crippen molar-refractivity contribution in [2.75, 3.05) is 0 Å². The van der Waals surface area contributed by atoms with Crippen molar-refractivity contribution in [1.82, 2.24) is 4.57 Å². The van der Waals surface area contributed by atoms with Crippen LogP contribution >= 0.6 is 22.7 Å². The number of aromatic nitrogens is 1. The number of benzene rings is 1. The number of hydrogen-bond acceptors (Lipinski definition) is 5. The van der Waals surface area contributed by atoms with Gasteiger partial charge in [0.15, 0.2) is 4.80 Å². The summed E-state index contributed by atoms with van der Waals surface area (Å²) < 4.78 is 2.97. The Balaban J connectivity index is 2.10. The van der Waals surface area contributed by atoms with Gasteiger partial charge in [0.25, 0.3) is 5.91 Å². The molecule has 3 rings (SSSR count). The minimum absolute atomic E-state index is 0.0681. The van der Waals surface area contributed by atoms with Crippen LogP contribution in [0.5, 0.6) is 0 Å². The van der Waals surface area contributed by atoms with E-state index in [2.05, 4.69) is 30.6 Å². The fraction of sp³-hybridized carbons (Fsp3) is 0.176. The third-order valence-corrected chi connectivity index (χ3v) is 5.71. The van der Waals surface area contributed by atoms with Crippen LogP contribution in [0.25, 0.3) is 10.2 Å². The van der Waals surface area contributed by atoms with Gasteiger partial charge in [0.2, 0.25) is 0 Å². The predicted octanol–water partition coefficient (Wildman–Crippen LogP) is 4.16. The molecule has 25 heavy (non-hydrogen) atoms. The number of allylic oxidation sites excluding steroid dienone is 1. The number of amides is 1. The lowest BCUT2D eigenvalue weighted by Gasteiger charge is -2.01. The van der Waals surface area contributed by atoms with Crippen LogP contribution in [0.2, 0.25) is 0 Å². The Morgan fingerprint density at radius 1 is 1.36 bits per heavy atom. The SMILES string of the molecule is C=CCn1c(=NC(=O)c2ccc([N+](=O)[O-])s2)sc2cc(CC)ccc21. The molecule has 0 saturated carbocycles. The van der Waals surface area contributed by atoms with E-state index in [1.807, 2.05) is 10.6 Å². The zero-order valence-electron chi connectivity index (χ0n) is 13.5. The summed E-state index contributed by atoms with van der Waals surface area (Å²) in [6.45, 7) is 6.38. The van der Waals surface area contributed by atoms with Crippen LogP contribution in [0.3, 0.4) is 0 Å². The van der Waals surface area contributed by atoms with E-state index in [1.165, 1.54) is 29.0 Å². The van der Waals surface area contributed by atoms with Gasteiger partial charge in [0, 0.05) is 12.6 Å². The van der Waals surface area contributed by atoms with Crippen molar-refractivity contribution in [2.24, 2.45) is 4.99 Å². The Morgan fingerprint density at radius 3 is 2.80 bits per heavy atom. The summed E-state index contributed by atoms with van der Waals surface area (Å²) in [5.41, 5.74) is 2.21. The molecule has 1 amide bonds. The zero-order valence-corrected chi connectivity index (χ0v) is 15.1. The molecule has 0 saturated heterocycles. The summed E-state index contributed by atoms with van der Waals surface area (Å²) >= 11 is 2.26. The monoisotopic (exact) mass is 373 g/mol. The molecular formula is C17H15N3O3S2. The molecule has 0 unspecified atom stereocenters. The van der Waals surface area contributed by atoms with Crippen LogP contribution in [0.15, 0.2) is 48.0 Å². The molecule has 0 spiro atoms. The number of aryl methyl sites for hydroxylation is 1. The van der Waals surface area contributed by atoms with Crippen LogP contribution < -0.4 is 4.80 Å². The summed E-state index contributed by atoms with van der Waals surface area (Å²) in [5, 5.41) is 10.7. The van der Waals surface area contributed by atoms with Gasteiger partial charge in [0.1, 0.15) is 4.88 Å². The maximum atomic E-state index is 12.4. The first-order valence-electron chi connectivity index (χ1n) is 7.60. The van der Waals surface area contributed by atoms with Gasteiger partial charge in [-0.15, -0.1) is 6.58 Å². The lowest BCUT2D eigenvalue weighted by Crippen LogP contribution is -2.15. The molecule has 0 N–H and O–H groups in total. The number of thiazole rings is 1. The van der Waals surface area contributed by atoms with Crippen molar-refractivity contribution in [1.29, 1.82) is 0 Å². The molecular weight excluding hydrogens is 358 g/mol. The van der Waals surface area contributed by atoms with Gasteiger partial charge >= 0.3 is 5.00 Å². The molecule has 6 nitrogen and oxygen atoms in total. The molecule has 3 aromatic rings. The normalized spacial score (nSPS) is 11.8. The van der Waals surface area contributed by atoms with Gasteiger partial charge in [-0.25, -0.2) is 0 Å². The average Bonchev–Trinajstić information content (AvgIpc) is 3.20. The zero-order chi connectivity index (χ0) is 18.0. The number of carbonyl (C=O) groups excluding carboxylic acids is 1. The molecule has 0 aliphatic rings. The smallest absolute Gasteiger partial charge is 0.312 e. The second kappa shape index (κ2) is 7.12. The quantitative estimate of drug-likeness (QED) is 0.383. The van der Waals surface area contributed by atoms with Crippen LogP contribution in [0, 0.1) is 10.1 Å². The lowest BCUT2D eigenvalue weighted by molar-refractivity contribution is -0.380. The molecule has 0 bridgehead atoms. The molecule has 128 valence electrons. The van der Waals surface area contributed by atoms with Crippen LogP contribution in [0.4, 0.5) is 5.00 Å². The molecule has 1 aromatic carbocycles. The molecule has 8 heteroatoms. The number of fused-ring (bicyclic) bond motifs is 1. The Bertz CT molecular complexity index is 1040. The van der Waals surface area contributed by atoms with E-state index in [1.54, 1.807) is 6.08 Å². The summed E-state index contributed by atoms with van der Waals surface area (Å²) in [6, 6.07) is 8.94. The van der Waals surface area contributed by atoms with Gasteiger partial charge in [-0.3, -0.25) is 14.9 Å². The number of thiophene rings is 1. The Morgan fingerprint density at radius 2 is 2.16 bits per heavy atom. The maximum Gasteiger partial charge on any atom is 0.324 e. The molecule has 2 aromatic heterocycles. The molecule has 2 heterocycles. The van der Waals surface area contributed by atoms with Gasteiger partial charge in [0.05, 0.1) is 15.1 Å². The maximum absolute atomic E-state index is 12.4. The first kappa shape index (κ1) is 17.2. The third-order valence-electron chi connectivity index (χ3n) is 3.65. The minimum atomic E-state index is -0.509. The van der Waals surface area contributed by atoms with E-state index < -0.39 is 10.8 Å². The van der Waals surface area contributed by atoms with Crippen molar-refractivity contribution in [3.8, 4) is 0 Å². The van der Waals surface area contributed by atoms with Crippen LogP contribution in [0.1, 0.15) is 22.2 Å². The molecule has 0 aliphatic carbocycles. The van der Waals surface area contributed by atoms with E-state index >= 15 is 0 Å². The molecule has 0 radical (unpaired) electrons. The number of nitro groups is 1. The Kier molecular flexibility index (Phi) is 4.91. The number of nitrogens with zero attached hydrogens (tertiary/aromatic N) is 3. The summed E-state index contributed by atoms with van der Waals surface area (Å²) in [4.78, 5) is 27.7. The molecule has 0 fully saturated rings. The summed E-state index contributed by atoms with van der Waals surface area (Å²) in [6.07, 6.45) is 2.68. The van der Waals surface area contributed by atoms with Crippen molar-refractivity contribution < 1.29 is 9.72 Å². The van der Waals surface area contributed by atoms with Crippen molar-refractivity contribution in [3.63, 3.8) is 0 Å². The van der Waals surface area contributed by atoms with Crippen molar-refractivity contribution >= 4 is 43.8 Å². The van der Waals surface area contributed by atoms with E-state index in [-0.39, 0.29) is 9.88 Å². The first-order valence-corrected chi connectivity index (χ1v) is 9.23. The highest BCUT2D eigenvalue weighted by atomic mass is 32.1. The fourth-order valence-corrected chi connectivity index (χ4v) is 4.22. The highest BCUT2D eigenvalue weighted by Gasteiger charge is 2.15. The first-order chi connectivity index (χ1) is 12.0. The van der Waals surface area contributed by atoms with Crippen LogP contribution in [-0.2, 0) is 13.0 Å². The van der Waals surface area contributed by atoms with Crippen molar-refractivity contribution in [3.05, 3.63) is 68.3 Å². The van der Waals surface area contributed by atoms with Gasteiger partial charge < -0.3 is 4.57 Å². The second-order valence-electron chi connectivity index (χ2n) is 5.25. The standard InChI is InChI=1S/C17H15N3O3S2/c1-3-9-19-12-6-5-11(4-2)10-14(12)25-17(19)18-16(21)13-7-8-15(24-13)20(22)23/h3,5-8,10H,1,4,9H2,2H3. The number of carbonyl (C=O) groups is 1. The minimum Gasteiger partial charge on any atom is -0.312 e. The van der Waals surface area contributed by atoms with Crippen molar-refractivity contribution in [2.45, 2.75) is 19.9 Å². The second-order valence-corrected chi connectivity index (χ2v) is 7.32. The van der Waals surface area contributed by atoms with E-state index in [9.17, 15) is 14.9 Å². The van der Waals surface area contributed by atoms with Gasteiger partial charge in [-0.1, -0.05) is 41.7 Å². The largest absolute Gasteiger partial charge is 0.324 e. The van der Waals surface area contributed by atoms with Crippen LogP contribution in [-0.4, -0.2) is 15.4 Å².